The molecule has 12 aromatic rings. The Morgan fingerprint density at radius 3 is 1.84 bits per heavy atom. The van der Waals surface area contributed by atoms with E-state index < -0.39 is 0 Å². The van der Waals surface area contributed by atoms with Gasteiger partial charge in [-0.3, -0.25) is 0 Å². The highest BCUT2D eigenvalue weighted by atomic mass is 16.3. The number of hydrogen-bond acceptors (Lipinski definition) is 4. The van der Waals surface area contributed by atoms with Crippen molar-refractivity contribution in [2.24, 2.45) is 0 Å². The van der Waals surface area contributed by atoms with Crippen molar-refractivity contribution in [3.05, 3.63) is 176 Å². The third-order valence-corrected chi connectivity index (χ3v) is 11.8. The lowest BCUT2D eigenvalue weighted by molar-refractivity contribution is 0.669. The molecule has 0 spiro atoms. The number of nitrogens with zero attached hydrogens (tertiary/aromatic N) is 1. The fourth-order valence-corrected chi connectivity index (χ4v) is 9.38. The molecule has 0 bridgehead atoms. The Hall–Kier alpha value is -7.56. The van der Waals surface area contributed by atoms with Gasteiger partial charge in [0.2, 0.25) is 0 Å². The van der Waals surface area contributed by atoms with E-state index in [2.05, 4.69) is 169 Å². The summed E-state index contributed by atoms with van der Waals surface area (Å²) in [6.07, 6.45) is 0. The summed E-state index contributed by atoms with van der Waals surface area (Å²) < 4.78 is 19.7. The zero-order valence-electron chi connectivity index (χ0n) is 29.9. The largest absolute Gasteiger partial charge is 0.456 e. The van der Waals surface area contributed by atoms with Crippen LogP contribution >= 0.6 is 0 Å². The quantitative estimate of drug-likeness (QED) is 0.178. The van der Waals surface area contributed by atoms with E-state index >= 15 is 0 Å². The highest BCUT2D eigenvalue weighted by molar-refractivity contribution is 6.38. The fraction of sp³-hybridized carbons (Fsp3) is 0. The number of rotatable bonds is 5. The first-order valence-electron chi connectivity index (χ1n) is 19.0. The van der Waals surface area contributed by atoms with Gasteiger partial charge >= 0.3 is 0 Å². The van der Waals surface area contributed by atoms with Crippen LogP contribution in [0.2, 0.25) is 0 Å². The van der Waals surface area contributed by atoms with E-state index in [-0.39, 0.29) is 0 Å². The van der Waals surface area contributed by atoms with Gasteiger partial charge < -0.3 is 18.2 Å². The maximum Gasteiger partial charge on any atom is 0.143 e. The Labute approximate surface area is 320 Å². The summed E-state index contributed by atoms with van der Waals surface area (Å²) in [4.78, 5) is 2.40. The van der Waals surface area contributed by atoms with E-state index in [1.54, 1.807) is 0 Å². The molecule has 0 fully saturated rings. The molecule has 260 valence electrons. The minimum Gasteiger partial charge on any atom is -0.456 e. The van der Waals surface area contributed by atoms with Gasteiger partial charge in [0.25, 0.3) is 0 Å². The van der Waals surface area contributed by atoms with Gasteiger partial charge in [-0.15, -0.1) is 0 Å². The molecule has 0 N–H and O–H groups in total. The first-order chi connectivity index (χ1) is 27.8. The van der Waals surface area contributed by atoms with E-state index in [0.717, 1.165) is 111 Å². The lowest BCUT2D eigenvalue weighted by Crippen LogP contribution is -2.11. The Morgan fingerprint density at radius 1 is 0.339 bits per heavy atom. The third-order valence-electron chi connectivity index (χ3n) is 11.8. The van der Waals surface area contributed by atoms with Gasteiger partial charge in [0.05, 0.1) is 5.69 Å². The molecule has 3 aromatic heterocycles. The van der Waals surface area contributed by atoms with E-state index in [4.69, 9.17) is 13.3 Å². The summed E-state index contributed by atoms with van der Waals surface area (Å²) in [6.45, 7) is 0. The van der Waals surface area contributed by atoms with Gasteiger partial charge in [0.1, 0.15) is 33.5 Å². The molecule has 13 rings (SSSR count). The van der Waals surface area contributed by atoms with Crippen LogP contribution in [0.25, 0.3) is 110 Å². The van der Waals surface area contributed by atoms with Gasteiger partial charge in [-0.2, -0.15) is 0 Å². The minimum absolute atomic E-state index is 0.870. The van der Waals surface area contributed by atoms with Crippen LogP contribution in [0.3, 0.4) is 0 Å². The minimum atomic E-state index is 0.870. The molecule has 0 radical (unpaired) electrons. The average molecular weight is 716 g/mol. The summed E-state index contributed by atoms with van der Waals surface area (Å²) in [7, 11) is 0. The molecule has 0 atom stereocenters. The number of furan rings is 3. The lowest BCUT2D eigenvalue weighted by Gasteiger charge is -2.29. The Balaban J connectivity index is 1.09. The van der Waals surface area contributed by atoms with Gasteiger partial charge in [-0.1, -0.05) is 115 Å². The van der Waals surface area contributed by atoms with E-state index in [9.17, 15) is 0 Å². The molecule has 0 amide bonds. The van der Waals surface area contributed by atoms with Crippen LogP contribution in [0.4, 0.5) is 17.1 Å². The Bertz CT molecular complexity index is 3580. The van der Waals surface area contributed by atoms with Crippen molar-refractivity contribution in [1.29, 1.82) is 0 Å². The van der Waals surface area contributed by atoms with E-state index in [1.807, 2.05) is 12.1 Å². The van der Waals surface area contributed by atoms with Crippen molar-refractivity contribution >= 4 is 93.7 Å². The molecule has 0 unspecified atom stereocenters. The highest BCUT2D eigenvalue weighted by Gasteiger charge is 2.29. The molecule has 9 aromatic carbocycles. The molecule has 1 aliphatic rings. The van der Waals surface area contributed by atoms with Crippen LogP contribution in [0.1, 0.15) is 0 Å². The zero-order valence-corrected chi connectivity index (χ0v) is 29.9. The predicted octanol–water partition coefficient (Wildman–Crippen LogP) is 15.3. The monoisotopic (exact) mass is 715 g/mol. The van der Waals surface area contributed by atoms with Crippen LogP contribution < -0.4 is 4.90 Å². The molecular weight excluding hydrogens is 687 g/mol. The number of hydrogen-bond donors (Lipinski definition) is 0. The fourth-order valence-electron chi connectivity index (χ4n) is 9.38. The van der Waals surface area contributed by atoms with Crippen LogP contribution in [0.5, 0.6) is 0 Å². The Morgan fingerprint density at radius 2 is 0.982 bits per heavy atom. The first kappa shape index (κ1) is 29.8. The number of anilines is 3. The molecule has 1 aliphatic carbocycles. The van der Waals surface area contributed by atoms with E-state index in [0.29, 0.717) is 0 Å². The molecular formula is C52H29NO3. The number of fused-ring (bicyclic) bond motifs is 4. The van der Waals surface area contributed by atoms with E-state index in [1.165, 1.54) is 16.3 Å². The van der Waals surface area contributed by atoms with Crippen LogP contribution in [-0.4, -0.2) is 0 Å². The summed E-state index contributed by atoms with van der Waals surface area (Å²) in [5, 5.41) is 9.14. The first-order valence-corrected chi connectivity index (χ1v) is 19.0. The third kappa shape index (κ3) is 4.02. The smallest absolute Gasteiger partial charge is 0.143 e. The van der Waals surface area contributed by atoms with Gasteiger partial charge in [0, 0.05) is 60.2 Å². The molecule has 4 nitrogen and oxygen atoms in total. The molecule has 3 heterocycles. The van der Waals surface area contributed by atoms with Crippen molar-refractivity contribution in [1.82, 2.24) is 0 Å². The van der Waals surface area contributed by atoms with Crippen molar-refractivity contribution in [2.45, 2.75) is 0 Å². The van der Waals surface area contributed by atoms with Gasteiger partial charge in [-0.25, -0.2) is 0 Å². The summed E-state index contributed by atoms with van der Waals surface area (Å²) in [5.74, 6) is 0. The zero-order chi connectivity index (χ0) is 36.5. The van der Waals surface area contributed by atoms with Crippen molar-refractivity contribution < 1.29 is 13.3 Å². The molecule has 0 saturated carbocycles. The second kappa shape index (κ2) is 11.0. The topological polar surface area (TPSA) is 42.7 Å². The summed E-state index contributed by atoms with van der Waals surface area (Å²) in [6, 6.07) is 62.4. The average Bonchev–Trinajstić information content (AvgIpc) is 3.93. The van der Waals surface area contributed by atoms with Crippen LogP contribution in [0.15, 0.2) is 189 Å². The second-order valence-electron chi connectivity index (χ2n) is 14.8. The maximum atomic E-state index is 6.68. The SMILES string of the molecule is c1ccc(-c2cccc(N(c3ccc(-c4cccc5c4oc4ccccc45)cc3)c3ccc4oc5ccc6ccc7oc8cccc9c8c7c6c5c4c3-9)c2)cc1. The second-order valence-corrected chi connectivity index (χ2v) is 14.8. The lowest BCUT2D eigenvalue weighted by atomic mass is 9.95. The summed E-state index contributed by atoms with van der Waals surface area (Å²) in [5.41, 5.74) is 15.2. The normalized spacial score (nSPS) is 12.3. The van der Waals surface area contributed by atoms with Crippen molar-refractivity contribution in [3.63, 3.8) is 0 Å². The Kier molecular flexibility index (Phi) is 5.86. The number of para-hydroxylation sites is 2. The maximum absolute atomic E-state index is 6.68. The van der Waals surface area contributed by atoms with Gasteiger partial charge in [0.15, 0.2) is 0 Å². The van der Waals surface area contributed by atoms with Crippen molar-refractivity contribution in [3.8, 4) is 33.4 Å². The molecule has 0 aliphatic heterocycles. The highest BCUT2D eigenvalue weighted by Crippen LogP contribution is 2.54. The molecule has 0 saturated heterocycles. The standard InChI is InChI=1S/C52H29NO3/c1-2-9-30(10-3-1)33-11-6-12-35(29-33)53(34-23-19-31(20-24-34)36-14-7-15-38-37-13-4-5-17-41(37)56-52(36)38)40-25-28-45-51-47(40)39-16-8-18-42-48(39)49-43(54-42)26-21-32-22-27-44(55-45)50(51)46(32)49/h1-29H. The van der Waals surface area contributed by atoms with Gasteiger partial charge in [-0.05, 0) is 88.3 Å². The van der Waals surface area contributed by atoms with Crippen LogP contribution in [0, 0.1) is 0 Å². The van der Waals surface area contributed by atoms with Crippen molar-refractivity contribution in [2.75, 3.05) is 4.90 Å². The number of benzene rings is 9. The molecule has 4 heteroatoms. The molecule has 56 heavy (non-hydrogen) atoms. The predicted molar refractivity (Wildman–Crippen MR) is 230 cm³/mol. The van der Waals surface area contributed by atoms with Crippen LogP contribution in [-0.2, 0) is 0 Å². The summed E-state index contributed by atoms with van der Waals surface area (Å²) >= 11 is 0.